The second kappa shape index (κ2) is 7.49. The minimum atomic E-state index is -0.271. The molecule has 0 saturated heterocycles. The third-order valence-corrected chi connectivity index (χ3v) is 4.79. The maximum atomic E-state index is 12.9. The lowest BCUT2D eigenvalue weighted by Crippen LogP contribution is -2.25. The summed E-state index contributed by atoms with van der Waals surface area (Å²) in [5, 5.41) is 5.67. The van der Waals surface area contributed by atoms with Gasteiger partial charge in [0.25, 0.3) is 5.91 Å². The molecule has 4 nitrogen and oxygen atoms in total. The maximum Gasteiger partial charge on any atom is 0.251 e. The summed E-state index contributed by atoms with van der Waals surface area (Å²) < 4.78 is 12.9. The van der Waals surface area contributed by atoms with E-state index < -0.39 is 0 Å². The van der Waals surface area contributed by atoms with Crippen molar-refractivity contribution in [3.05, 3.63) is 59.4 Å². The van der Waals surface area contributed by atoms with Crippen LogP contribution in [-0.4, -0.2) is 24.1 Å². The van der Waals surface area contributed by atoms with Gasteiger partial charge in [0, 0.05) is 29.2 Å². The predicted octanol–water partition coefficient (Wildman–Crippen LogP) is 3.23. The molecule has 2 N–H and O–H groups in total. The summed E-state index contributed by atoms with van der Waals surface area (Å²) in [7, 11) is 0. The lowest BCUT2D eigenvalue weighted by atomic mass is 10.1. The first-order valence-corrected chi connectivity index (χ1v) is 8.70. The van der Waals surface area contributed by atoms with E-state index in [4.69, 9.17) is 0 Å². The SMILES string of the molecule is O=C1CCSc2ccc(C(=O)NCCc3ccc(F)cc3)cc2N1. The van der Waals surface area contributed by atoms with Gasteiger partial charge in [-0.25, -0.2) is 4.39 Å². The van der Waals surface area contributed by atoms with Crippen LogP contribution in [0.1, 0.15) is 22.3 Å². The average molecular weight is 344 g/mol. The van der Waals surface area contributed by atoms with Crippen LogP contribution in [0.3, 0.4) is 0 Å². The Bertz CT molecular complexity index is 762. The van der Waals surface area contributed by atoms with Crippen LogP contribution in [0.4, 0.5) is 10.1 Å². The first kappa shape index (κ1) is 16.5. The Morgan fingerprint density at radius 2 is 2.00 bits per heavy atom. The highest BCUT2D eigenvalue weighted by atomic mass is 32.2. The first-order chi connectivity index (χ1) is 11.6. The number of carbonyl (C=O) groups is 2. The summed E-state index contributed by atoms with van der Waals surface area (Å²) in [5.74, 6) is 0.244. The smallest absolute Gasteiger partial charge is 0.251 e. The molecule has 1 aliphatic heterocycles. The number of thioether (sulfide) groups is 1. The van der Waals surface area contributed by atoms with Crippen molar-refractivity contribution in [2.45, 2.75) is 17.7 Å². The molecule has 0 fully saturated rings. The van der Waals surface area contributed by atoms with Gasteiger partial charge >= 0.3 is 0 Å². The van der Waals surface area contributed by atoms with Crippen LogP contribution in [0, 0.1) is 5.82 Å². The van der Waals surface area contributed by atoms with Crippen molar-refractivity contribution in [2.24, 2.45) is 0 Å². The van der Waals surface area contributed by atoms with E-state index >= 15 is 0 Å². The Labute approximate surface area is 143 Å². The molecule has 0 saturated carbocycles. The molecule has 0 bridgehead atoms. The van der Waals surface area contributed by atoms with Crippen molar-refractivity contribution >= 4 is 29.3 Å². The van der Waals surface area contributed by atoms with Crippen molar-refractivity contribution in [3.8, 4) is 0 Å². The summed E-state index contributed by atoms with van der Waals surface area (Å²) >= 11 is 1.60. The van der Waals surface area contributed by atoms with Gasteiger partial charge in [-0.05, 0) is 42.3 Å². The Morgan fingerprint density at radius 3 is 2.79 bits per heavy atom. The summed E-state index contributed by atoms with van der Waals surface area (Å²) in [4.78, 5) is 24.9. The number of hydrogen-bond acceptors (Lipinski definition) is 3. The van der Waals surface area contributed by atoms with Crippen LogP contribution in [0.25, 0.3) is 0 Å². The number of halogens is 1. The number of hydrogen-bond donors (Lipinski definition) is 2. The Balaban J connectivity index is 1.60. The zero-order valence-corrected chi connectivity index (χ0v) is 13.8. The van der Waals surface area contributed by atoms with Gasteiger partial charge in [-0.2, -0.15) is 0 Å². The van der Waals surface area contributed by atoms with Crippen molar-refractivity contribution in [1.29, 1.82) is 0 Å². The minimum absolute atomic E-state index is 0.0323. The molecule has 2 aromatic carbocycles. The predicted molar refractivity (Wildman–Crippen MR) is 92.8 cm³/mol. The van der Waals surface area contributed by atoms with Crippen molar-refractivity contribution in [1.82, 2.24) is 5.32 Å². The molecule has 6 heteroatoms. The van der Waals surface area contributed by atoms with E-state index in [0.29, 0.717) is 30.6 Å². The quantitative estimate of drug-likeness (QED) is 0.895. The fourth-order valence-corrected chi connectivity index (χ4v) is 3.37. The van der Waals surface area contributed by atoms with E-state index in [9.17, 15) is 14.0 Å². The molecule has 0 aliphatic carbocycles. The molecule has 0 atom stereocenters. The highest BCUT2D eigenvalue weighted by molar-refractivity contribution is 7.99. The van der Waals surface area contributed by atoms with Gasteiger partial charge < -0.3 is 10.6 Å². The number of benzene rings is 2. The van der Waals surface area contributed by atoms with E-state index in [1.165, 1.54) is 12.1 Å². The molecule has 2 amide bonds. The topological polar surface area (TPSA) is 58.2 Å². The molecule has 1 aliphatic rings. The van der Waals surface area contributed by atoms with Crippen LogP contribution in [-0.2, 0) is 11.2 Å². The Hall–Kier alpha value is -2.34. The lowest BCUT2D eigenvalue weighted by Gasteiger charge is -2.10. The van der Waals surface area contributed by atoms with Crippen molar-refractivity contribution in [3.63, 3.8) is 0 Å². The molecule has 0 radical (unpaired) electrons. The van der Waals surface area contributed by atoms with Crippen molar-refractivity contribution < 1.29 is 14.0 Å². The number of amides is 2. The number of carbonyl (C=O) groups excluding carboxylic acids is 2. The average Bonchev–Trinajstić information content (AvgIpc) is 2.76. The normalized spacial score (nSPS) is 13.6. The van der Waals surface area contributed by atoms with Crippen LogP contribution < -0.4 is 10.6 Å². The molecule has 0 aromatic heterocycles. The minimum Gasteiger partial charge on any atom is -0.352 e. The molecule has 24 heavy (non-hydrogen) atoms. The molecular weight excluding hydrogens is 327 g/mol. The van der Waals surface area contributed by atoms with Crippen molar-refractivity contribution in [2.75, 3.05) is 17.6 Å². The number of nitrogens with one attached hydrogen (secondary N) is 2. The molecule has 3 rings (SSSR count). The van der Waals surface area contributed by atoms with Crippen LogP contribution >= 0.6 is 11.8 Å². The Morgan fingerprint density at radius 1 is 1.21 bits per heavy atom. The van der Waals surface area contributed by atoms with Gasteiger partial charge in [-0.15, -0.1) is 11.8 Å². The van der Waals surface area contributed by atoms with E-state index in [0.717, 1.165) is 16.2 Å². The second-order valence-corrected chi connectivity index (χ2v) is 6.63. The molecule has 0 spiro atoms. The second-order valence-electron chi connectivity index (χ2n) is 5.49. The number of rotatable bonds is 4. The third-order valence-electron chi connectivity index (χ3n) is 3.72. The number of anilines is 1. The van der Waals surface area contributed by atoms with Gasteiger partial charge in [0.15, 0.2) is 0 Å². The van der Waals surface area contributed by atoms with E-state index in [2.05, 4.69) is 10.6 Å². The molecule has 2 aromatic rings. The number of fused-ring (bicyclic) bond motifs is 1. The summed E-state index contributed by atoms with van der Waals surface area (Å²) in [6.07, 6.45) is 1.10. The van der Waals surface area contributed by atoms with E-state index in [1.807, 2.05) is 6.07 Å². The zero-order chi connectivity index (χ0) is 16.9. The fourth-order valence-electron chi connectivity index (χ4n) is 2.43. The fraction of sp³-hybridized carbons (Fsp3) is 0.222. The molecule has 124 valence electrons. The maximum absolute atomic E-state index is 12.9. The van der Waals surface area contributed by atoms with E-state index in [1.54, 1.807) is 36.0 Å². The highest BCUT2D eigenvalue weighted by Gasteiger charge is 2.15. The van der Waals surface area contributed by atoms with Crippen LogP contribution in [0.15, 0.2) is 47.4 Å². The molecular formula is C18H17FN2O2S. The van der Waals surface area contributed by atoms with Crippen LogP contribution in [0.2, 0.25) is 0 Å². The van der Waals surface area contributed by atoms with Gasteiger partial charge in [0.1, 0.15) is 5.82 Å². The van der Waals surface area contributed by atoms with Crippen LogP contribution in [0.5, 0.6) is 0 Å². The third kappa shape index (κ3) is 4.14. The van der Waals surface area contributed by atoms with E-state index in [-0.39, 0.29) is 17.6 Å². The lowest BCUT2D eigenvalue weighted by molar-refractivity contribution is -0.115. The largest absolute Gasteiger partial charge is 0.352 e. The van der Waals surface area contributed by atoms with Gasteiger partial charge in [-0.1, -0.05) is 12.1 Å². The van der Waals surface area contributed by atoms with Gasteiger partial charge in [-0.3, -0.25) is 9.59 Å². The first-order valence-electron chi connectivity index (χ1n) is 7.71. The summed E-state index contributed by atoms with van der Waals surface area (Å²) in [6, 6.07) is 11.6. The highest BCUT2D eigenvalue weighted by Crippen LogP contribution is 2.31. The van der Waals surface area contributed by atoms with Gasteiger partial charge in [0.2, 0.25) is 5.91 Å². The summed E-state index contributed by atoms with van der Waals surface area (Å²) in [5.41, 5.74) is 2.16. The zero-order valence-electron chi connectivity index (χ0n) is 13.0. The molecule has 1 heterocycles. The molecule has 0 unspecified atom stereocenters. The standard InChI is InChI=1S/C18H17FN2O2S/c19-14-4-1-12(2-5-14)7-9-20-18(23)13-3-6-16-15(11-13)21-17(22)8-10-24-16/h1-6,11H,7-10H2,(H,20,23)(H,21,22). The Kier molecular flexibility index (Phi) is 5.15. The van der Waals surface area contributed by atoms with Gasteiger partial charge in [0.05, 0.1) is 5.69 Å². The monoisotopic (exact) mass is 344 g/mol. The summed E-state index contributed by atoms with van der Waals surface area (Å²) in [6.45, 7) is 0.461.